The van der Waals surface area contributed by atoms with Gasteiger partial charge in [-0.05, 0) is 79.7 Å². The Kier molecular flexibility index (Phi) is 9.31. The number of halogens is 3. The first kappa shape index (κ1) is 30.5. The quantitative estimate of drug-likeness (QED) is 0.328. The van der Waals surface area contributed by atoms with Gasteiger partial charge in [0.15, 0.2) is 0 Å². The van der Waals surface area contributed by atoms with Crippen LogP contribution in [0.25, 0.3) is 29.1 Å². The molecule has 3 fully saturated rings. The molecule has 43 heavy (non-hydrogen) atoms. The lowest BCUT2D eigenvalue weighted by molar-refractivity contribution is -0.192. The van der Waals surface area contributed by atoms with E-state index in [2.05, 4.69) is 81.1 Å². The number of aromatic nitrogens is 2. The lowest BCUT2D eigenvalue weighted by Crippen LogP contribution is -2.32. The van der Waals surface area contributed by atoms with Crippen LogP contribution in [-0.4, -0.2) is 71.1 Å². The van der Waals surface area contributed by atoms with Crippen LogP contribution in [0.5, 0.6) is 0 Å². The molecular formula is C32H35F3N4O4. The van der Waals surface area contributed by atoms with Crippen molar-refractivity contribution in [3.63, 3.8) is 0 Å². The number of carbonyl (C=O) groups excluding carboxylic acids is 1. The Hall–Kier alpha value is -3.96. The zero-order chi connectivity index (χ0) is 30.5. The molecule has 3 aliphatic rings. The maximum absolute atomic E-state index is 12.6. The first-order valence-electron chi connectivity index (χ1n) is 14.5. The van der Waals surface area contributed by atoms with E-state index in [0.717, 1.165) is 47.1 Å². The van der Waals surface area contributed by atoms with Crippen LogP contribution in [0.1, 0.15) is 54.5 Å². The predicted octanol–water partition coefficient (Wildman–Crippen LogP) is 5.66. The summed E-state index contributed by atoms with van der Waals surface area (Å²) in [5.74, 6) is -2.71. The third-order valence-electron chi connectivity index (χ3n) is 8.29. The van der Waals surface area contributed by atoms with Crippen LogP contribution in [0.15, 0.2) is 48.0 Å². The molecular weight excluding hydrogens is 561 g/mol. The summed E-state index contributed by atoms with van der Waals surface area (Å²) in [6.07, 6.45) is 6.94. The number of alkyl halides is 3. The van der Waals surface area contributed by atoms with Crippen LogP contribution in [0.2, 0.25) is 0 Å². The monoisotopic (exact) mass is 596 g/mol. The number of nitrogens with one attached hydrogen (secondary N) is 2. The molecule has 1 amide bonds. The standard InChI is InChI=1S/C30H34N4O2.C2HF3O2/c35-29-26(30(21-31-29)12-16-36-17-13-30)18-24-8-10-25-27(32-33-28(25)19-24)11-9-22-4-6-23(7-5-22)20-34-14-2-1-3-15-34;3-2(4,5)1(6)7/h4-11,18-19H,1-3,12-17,20-21H2,(H,31,35)(H,32,33);(H,6,7)/b11-9+,26-18-;. The number of ether oxygens (including phenoxy) is 1. The summed E-state index contributed by atoms with van der Waals surface area (Å²) >= 11 is 0. The van der Waals surface area contributed by atoms with E-state index in [4.69, 9.17) is 14.6 Å². The van der Waals surface area contributed by atoms with Gasteiger partial charge in [0.1, 0.15) is 0 Å². The summed E-state index contributed by atoms with van der Waals surface area (Å²) in [5, 5.41) is 19.0. The number of fused-ring (bicyclic) bond motifs is 1. The van der Waals surface area contributed by atoms with E-state index in [-0.39, 0.29) is 11.3 Å². The number of hydrogen-bond donors (Lipinski definition) is 3. The second-order valence-electron chi connectivity index (χ2n) is 11.3. The number of carbonyl (C=O) groups is 2. The molecule has 6 rings (SSSR count). The Balaban J connectivity index is 0.000000472. The van der Waals surface area contributed by atoms with Gasteiger partial charge in [-0.25, -0.2) is 4.79 Å². The zero-order valence-corrected chi connectivity index (χ0v) is 23.8. The number of nitrogens with zero attached hydrogens (tertiary/aromatic N) is 2. The number of aliphatic carboxylic acids is 1. The molecule has 11 heteroatoms. The second-order valence-corrected chi connectivity index (χ2v) is 11.3. The Morgan fingerprint density at radius 3 is 2.37 bits per heavy atom. The summed E-state index contributed by atoms with van der Waals surface area (Å²) in [4.78, 5) is 24.1. The van der Waals surface area contributed by atoms with E-state index in [0.29, 0.717) is 19.8 Å². The van der Waals surface area contributed by atoms with E-state index in [1.54, 1.807) is 0 Å². The molecule has 0 saturated carbocycles. The first-order valence-corrected chi connectivity index (χ1v) is 14.5. The van der Waals surface area contributed by atoms with Crippen molar-refractivity contribution in [2.24, 2.45) is 5.41 Å². The van der Waals surface area contributed by atoms with Gasteiger partial charge in [-0.15, -0.1) is 0 Å². The van der Waals surface area contributed by atoms with Crippen molar-refractivity contribution in [2.45, 2.75) is 44.8 Å². The van der Waals surface area contributed by atoms with E-state index in [9.17, 15) is 18.0 Å². The van der Waals surface area contributed by atoms with Gasteiger partial charge in [0.05, 0.1) is 11.2 Å². The molecule has 8 nitrogen and oxygen atoms in total. The summed E-state index contributed by atoms with van der Waals surface area (Å²) in [6, 6.07) is 15.1. The third-order valence-corrected chi connectivity index (χ3v) is 8.29. The van der Waals surface area contributed by atoms with Gasteiger partial charge < -0.3 is 15.2 Å². The number of carboxylic acid groups (broad SMARTS) is 1. The fourth-order valence-corrected chi connectivity index (χ4v) is 5.83. The number of piperidine rings is 1. The van der Waals surface area contributed by atoms with Crippen molar-refractivity contribution in [2.75, 3.05) is 32.8 Å². The molecule has 3 N–H and O–H groups in total. The Bertz CT molecular complexity index is 1500. The number of carboxylic acids is 1. The number of hydrogen-bond acceptors (Lipinski definition) is 5. The molecule has 1 aromatic heterocycles. The number of likely N-dealkylation sites (tertiary alicyclic amines) is 1. The van der Waals surface area contributed by atoms with Crippen molar-refractivity contribution in [1.82, 2.24) is 20.4 Å². The molecule has 0 bridgehead atoms. The number of benzene rings is 2. The number of aromatic amines is 1. The van der Waals surface area contributed by atoms with Crippen LogP contribution in [0, 0.1) is 5.41 Å². The van der Waals surface area contributed by atoms with E-state index < -0.39 is 12.1 Å². The zero-order valence-electron chi connectivity index (χ0n) is 23.8. The summed E-state index contributed by atoms with van der Waals surface area (Å²) < 4.78 is 37.3. The van der Waals surface area contributed by atoms with Crippen molar-refractivity contribution in [1.29, 1.82) is 0 Å². The third kappa shape index (κ3) is 7.52. The van der Waals surface area contributed by atoms with Crippen molar-refractivity contribution < 1.29 is 32.6 Å². The topological polar surface area (TPSA) is 108 Å². The highest BCUT2D eigenvalue weighted by molar-refractivity contribution is 6.02. The molecule has 2 aromatic carbocycles. The van der Waals surface area contributed by atoms with Gasteiger partial charge in [-0.2, -0.15) is 18.3 Å². The minimum Gasteiger partial charge on any atom is -0.475 e. The highest BCUT2D eigenvalue weighted by Crippen LogP contribution is 2.42. The molecule has 3 saturated heterocycles. The molecule has 0 aliphatic carbocycles. The van der Waals surface area contributed by atoms with Crippen molar-refractivity contribution >= 4 is 41.0 Å². The Labute approximate surface area is 247 Å². The van der Waals surface area contributed by atoms with Crippen LogP contribution >= 0.6 is 0 Å². The number of amides is 1. The smallest absolute Gasteiger partial charge is 0.475 e. The van der Waals surface area contributed by atoms with E-state index in [1.165, 1.54) is 43.5 Å². The molecule has 0 radical (unpaired) electrons. The average Bonchev–Trinajstić information content (AvgIpc) is 3.53. The molecule has 3 aromatic rings. The van der Waals surface area contributed by atoms with Crippen molar-refractivity contribution in [3.8, 4) is 0 Å². The van der Waals surface area contributed by atoms with Gasteiger partial charge in [0, 0.05) is 42.7 Å². The Morgan fingerprint density at radius 1 is 1.02 bits per heavy atom. The van der Waals surface area contributed by atoms with Crippen LogP contribution in [0.3, 0.4) is 0 Å². The maximum Gasteiger partial charge on any atom is 0.490 e. The summed E-state index contributed by atoms with van der Waals surface area (Å²) in [7, 11) is 0. The lowest BCUT2D eigenvalue weighted by Gasteiger charge is -2.32. The molecule has 228 valence electrons. The highest BCUT2D eigenvalue weighted by Gasteiger charge is 2.44. The largest absolute Gasteiger partial charge is 0.490 e. The van der Waals surface area contributed by atoms with Gasteiger partial charge in [0.25, 0.3) is 0 Å². The average molecular weight is 597 g/mol. The van der Waals surface area contributed by atoms with Crippen LogP contribution in [0.4, 0.5) is 13.2 Å². The second kappa shape index (κ2) is 13.1. The number of rotatable bonds is 5. The van der Waals surface area contributed by atoms with Gasteiger partial charge in [-0.3, -0.25) is 14.8 Å². The van der Waals surface area contributed by atoms with Crippen LogP contribution < -0.4 is 5.32 Å². The van der Waals surface area contributed by atoms with Gasteiger partial charge >= 0.3 is 12.1 Å². The number of H-pyrrole nitrogens is 1. The molecule has 0 unspecified atom stereocenters. The van der Waals surface area contributed by atoms with Gasteiger partial charge in [-0.1, -0.05) is 42.8 Å². The summed E-state index contributed by atoms with van der Waals surface area (Å²) in [6.45, 7) is 5.61. The van der Waals surface area contributed by atoms with Gasteiger partial charge in [0.2, 0.25) is 5.91 Å². The lowest BCUT2D eigenvalue weighted by atomic mass is 9.75. The minimum absolute atomic E-state index is 0.0483. The molecule has 0 atom stereocenters. The fraction of sp³-hybridized carbons (Fsp3) is 0.406. The first-order chi connectivity index (χ1) is 20.6. The molecule has 1 spiro atoms. The van der Waals surface area contributed by atoms with Crippen LogP contribution in [-0.2, 0) is 20.9 Å². The molecule has 3 aliphatic heterocycles. The van der Waals surface area contributed by atoms with Crippen molar-refractivity contribution in [3.05, 3.63) is 70.4 Å². The predicted molar refractivity (Wildman–Crippen MR) is 158 cm³/mol. The highest BCUT2D eigenvalue weighted by atomic mass is 19.4. The molecule has 4 heterocycles. The fourth-order valence-electron chi connectivity index (χ4n) is 5.83. The van der Waals surface area contributed by atoms with E-state index >= 15 is 0 Å². The minimum atomic E-state index is -5.08. The van der Waals surface area contributed by atoms with E-state index in [1.807, 2.05) is 0 Å². The Morgan fingerprint density at radius 2 is 1.70 bits per heavy atom. The maximum atomic E-state index is 12.6. The summed E-state index contributed by atoms with van der Waals surface area (Å²) in [5.41, 5.74) is 6.23. The SMILES string of the molecule is O=C(O)C(F)(F)F.O=C1NCC2(CCOCC2)/C1=C\c1ccc2c(/C=C/c3ccc(CN4CCCCC4)cc3)n[nH]c2c1. The normalized spacial score (nSPS) is 20.0.